The number of amides is 1. The van der Waals surface area contributed by atoms with Crippen LogP contribution in [0.4, 0.5) is 5.69 Å². The predicted octanol–water partition coefficient (Wildman–Crippen LogP) is 2.52. The molecule has 0 radical (unpaired) electrons. The average molecular weight is 329 g/mol. The molecule has 0 saturated heterocycles. The van der Waals surface area contributed by atoms with Crippen LogP contribution in [0.2, 0.25) is 0 Å². The number of anilines is 1. The number of phenolic OH excluding ortho intramolecular Hbond substituents is 1. The molecule has 6 nitrogen and oxygen atoms in total. The van der Waals surface area contributed by atoms with Crippen LogP contribution in [0.25, 0.3) is 0 Å². The highest BCUT2D eigenvalue weighted by molar-refractivity contribution is 5.94. The van der Waals surface area contributed by atoms with Crippen molar-refractivity contribution in [3.05, 3.63) is 54.1 Å². The van der Waals surface area contributed by atoms with Crippen LogP contribution < -0.4 is 10.1 Å². The Bertz CT molecular complexity index is 697. The summed E-state index contributed by atoms with van der Waals surface area (Å²) in [4.78, 5) is 23.6. The molecule has 0 aliphatic carbocycles. The highest BCUT2D eigenvalue weighted by Gasteiger charge is 2.11. The van der Waals surface area contributed by atoms with E-state index >= 15 is 0 Å². The maximum Gasteiger partial charge on any atom is 0.310 e. The lowest BCUT2D eigenvalue weighted by Crippen LogP contribution is -2.22. The van der Waals surface area contributed by atoms with Gasteiger partial charge in [0.05, 0.1) is 18.7 Å². The number of phenols is 1. The second-order valence-electron chi connectivity index (χ2n) is 4.98. The summed E-state index contributed by atoms with van der Waals surface area (Å²) in [6.45, 7) is 1.95. The Hall–Kier alpha value is -3.02. The number of esters is 1. The van der Waals surface area contributed by atoms with Gasteiger partial charge in [0.2, 0.25) is 0 Å². The lowest BCUT2D eigenvalue weighted by atomic mass is 10.1. The van der Waals surface area contributed by atoms with Crippen LogP contribution >= 0.6 is 0 Å². The molecule has 0 unspecified atom stereocenters. The smallest absolute Gasteiger partial charge is 0.310 e. The molecule has 0 fully saturated rings. The number of hydrogen-bond acceptors (Lipinski definition) is 5. The van der Waals surface area contributed by atoms with Crippen molar-refractivity contribution in [2.75, 3.05) is 18.5 Å². The van der Waals surface area contributed by atoms with Gasteiger partial charge in [0.1, 0.15) is 11.5 Å². The number of para-hydroxylation sites is 2. The maximum atomic E-state index is 11.9. The molecule has 2 N–H and O–H groups in total. The number of nitrogens with one attached hydrogen (secondary N) is 1. The molecule has 0 atom stereocenters. The molecule has 6 heteroatoms. The molecule has 2 rings (SSSR count). The van der Waals surface area contributed by atoms with E-state index in [1.165, 1.54) is 12.1 Å². The molecule has 0 aliphatic heterocycles. The van der Waals surface area contributed by atoms with Crippen molar-refractivity contribution in [3.63, 3.8) is 0 Å². The Morgan fingerprint density at radius 2 is 1.79 bits per heavy atom. The molecular weight excluding hydrogens is 310 g/mol. The lowest BCUT2D eigenvalue weighted by Gasteiger charge is -2.11. The highest BCUT2D eigenvalue weighted by atomic mass is 16.5. The largest absolute Gasteiger partial charge is 0.508 e. The quantitative estimate of drug-likeness (QED) is 0.763. The van der Waals surface area contributed by atoms with E-state index in [0.717, 1.165) is 0 Å². The van der Waals surface area contributed by atoms with Gasteiger partial charge in [-0.3, -0.25) is 9.59 Å². The topological polar surface area (TPSA) is 84.9 Å². The summed E-state index contributed by atoms with van der Waals surface area (Å²) in [7, 11) is 0. The maximum absolute atomic E-state index is 11.9. The predicted molar refractivity (Wildman–Crippen MR) is 89.0 cm³/mol. The third-order valence-electron chi connectivity index (χ3n) is 3.11. The zero-order chi connectivity index (χ0) is 17.4. The molecule has 0 spiro atoms. The minimum Gasteiger partial charge on any atom is -0.508 e. The molecule has 0 bridgehead atoms. The normalized spacial score (nSPS) is 10.0. The second-order valence-corrected chi connectivity index (χ2v) is 4.98. The molecule has 2 aromatic rings. The summed E-state index contributed by atoms with van der Waals surface area (Å²) in [6, 6.07) is 13.2. The van der Waals surface area contributed by atoms with Crippen LogP contribution in [0.15, 0.2) is 48.5 Å². The number of benzene rings is 2. The third-order valence-corrected chi connectivity index (χ3v) is 3.11. The molecule has 0 aromatic heterocycles. The monoisotopic (exact) mass is 329 g/mol. The summed E-state index contributed by atoms with van der Waals surface area (Å²) < 4.78 is 10.4. The summed E-state index contributed by atoms with van der Waals surface area (Å²) in [6.07, 6.45) is 0.0308. The van der Waals surface area contributed by atoms with Gasteiger partial charge in [0.15, 0.2) is 6.61 Å². The van der Waals surface area contributed by atoms with Crippen LogP contribution in [0.3, 0.4) is 0 Å². The Morgan fingerprint density at radius 3 is 2.50 bits per heavy atom. The minimum absolute atomic E-state index is 0.0308. The van der Waals surface area contributed by atoms with Gasteiger partial charge >= 0.3 is 5.97 Å². The van der Waals surface area contributed by atoms with E-state index in [2.05, 4.69) is 5.32 Å². The van der Waals surface area contributed by atoms with Gasteiger partial charge < -0.3 is 19.9 Å². The summed E-state index contributed by atoms with van der Waals surface area (Å²) in [5.74, 6) is -0.279. The van der Waals surface area contributed by atoms with Crippen LogP contribution in [-0.2, 0) is 20.7 Å². The SMILES string of the molecule is CCOc1ccccc1NC(=O)COC(=O)Cc1ccc(O)cc1. The van der Waals surface area contributed by atoms with E-state index in [9.17, 15) is 14.7 Å². The molecule has 0 saturated carbocycles. The van der Waals surface area contributed by atoms with Gasteiger partial charge in [0.25, 0.3) is 5.91 Å². The van der Waals surface area contributed by atoms with Crippen LogP contribution in [0, 0.1) is 0 Å². The van der Waals surface area contributed by atoms with E-state index < -0.39 is 11.9 Å². The van der Waals surface area contributed by atoms with Crippen molar-refractivity contribution in [1.29, 1.82) is 0 Å². The van der Waals surface area contributed by atoms with Gasteiger partial charge in [-0.25, -0.2) is 0 Å². The Labute approximate surface area is 140 Å². The zero-order valence-electron chi connectivity index (χ0n) is 13.3. The van der Waals surface area contributed by atoms with E-state index in [4.69, 9.17) is 9.47 Å². The Balaban J connectivity index is 1.82. The number of carbonyl (C=O) groups excluding carboxylic acids is 2. The molecular formula is C18H19NO5. The van der Waals surface area contributed by atoms with Crippen molar-refractivity contribution >= 4 is 17.6 Å². The summed E-state index contributed by atoms with van der Waals surface area (Å²) in [5.41, 5.74) is 1.22. The van der Waals surface area contributed by atoms with Crippen LogP contribution in [-0.4, -0.2) is 30.2 Å². The Morgan fingerprint density at radius 1 is 1.08 bits per heavy atom. The fourth-order valence-corrected chi connectivity index (χ4v) is 2.02. The van der Waals surface area contributed by atoms with Crippen molar-refractivity contribution in [3.8, 4) is 11.5 Å². The third kappa shape index (κ3) is 5.31. The first-order valence-electron chi connectivity index (χ1n) is 7.53. The van der Waals surface area contributed by atoms with Crippen molar-refractivity contribution in [2.24, 2.45) is 0 Å². The molecule has 2 aromatic carbocycles. The van der Waals surface area contributed by atoms with Gasteiger partial charge in [-0.1, -0.05) is 24.3 Å². The number of carbonyl (C=O) groups is 2. The summed E-state index contributed by atoms with van der Waals surface area (Å²) >= 11 is 0. The van der Waals surface area contributed by atoms with Crippen molar-refractivity contribution in [2.45, 2.75) is 13.3 Å². The first-order valence-corrected chi connectivity index (χ1v) is 7.53. The van der Waals surface area contributed by atoms with E-state index in [1.54, 1.807) is 36.4 Å². The Kier molecular flexibility index (Phi) is 6.19. The van der Waals surface area contributed by atoms with Gasteiger partial charge in [-0.2, -0.15) is 0 Å². The second kappa shape index (κ2) is 8.57. The van der Waals surface area contributed by atoms with Gasteiger partial charge in [0, 0.05) is 0 Å². The van der Waals surface area contributed by atoms with Crippen LogP contribution in [0.5, 0.6) is 11.5 Å². The molecule has 1 amide bonds. The standard InChI is InChI=1S/C18H19NO5/c1-2-23-16-6-4-3-5-15(16)19-17(21)12-24-18(22)11-13-7-9-14(20)10-8-13/h3-10,20H,2,11-12H2,1H3,(H,19,21). The lowest BCUT2D eigenvalue weighted by molar-refractivity contribution is -0.146. The fraction of sp³-hybridized carbons (Fsp3) is 0.222. The van der Waals surface area contributed by atoms with Crippen molar-refractivity contribution in [1.82, 2.24) is 0 Å². The van der Waals surface area contributed by atoms with Crippen molar-refractivity contribution < 1.29 is 24.2 Å². The molecule has 24 heavy (non-hydrogen) atoms. The zero-order valence-corrected chi connectivity index (χ0v) is 13.3. The molecule has 126 valence electrons. The minimum atomic E-state index is -0.520. The van der Waals surface area contributed by atoms with Gasteiger partial charge in [-0.15, -0.1) is 0 Å². The number of ether oxygens (including phenoxy) is 2. The van der Waals surface area contributed by atoms with E-state index in [0.29, 0.717) is 23.6 Å². The summed E-state index contributed by atoms with van der Waals surface area (Å²) in [5, 5.41) is 11.8. The van der Waals surface area contributed by atoms with Gasteiger partial charge in [-0.05, 0) is 36.8 Å². The molecule has 0 aliphatic rings. The van der Waals surface area contributed by atoms with E-state index in [1.807, 2.05) is 6.92 Å². The van der Waals surface area contributed by atoms with Crippen LogP contribution in [0.1, 0.15) is 12.5 Å². The number of hydrogen-bond donors (Lipinski definition) is 2. The number of aromatic hydroxyl groups is 1. The molecule has 0 heterocycles. The fourth-order valence-electron chi connectivity index (χ4n) is 2.02. The number of rotatable bonds is 7. The van der Waals surface area contributed by atoms with E-state index in [-0.39, 0.29) is 18.8 Å². The first-order chi connectivity index (χ1) is 11.6. The first kappa shape index (κ1) is 17.3. The highest BCUT2D eigenvalue weighted by Crippen LogP contribution is 2.23. The average Bonchev–Trinajstić information content (AvgIpc) is 2.57.